The Morgan fingerprint density at radius 2 is 1.89 bits per heavy atom. The van der Waals surface area contributed by atoms with E-state index in [1.165, 1.54) is 12.0 Å². The molecule has 2 saturated heterocycles. The molecule has 0 radical (unpaired) electrons. The average Bonchev–Trinajstić information content (AvgIpc) is 3.29. The first-order chi connectivity index (χ1) is 13.2. The minimum atomic E-state index is 0.137. The van der Waals surface area contributed by atoms with Crippen LogP contribution < -0.4 is 5.32 Å². The number of methoxy groups -OCH3 is 1. The number of urea groups is 1. The first-order valence-electron chi connectivity index (χ1n) is 10.6. The van der Waals surface area contributed by atoms with E-state index in [1.54, 1.807) is 7.11 Å². The Balaban J connectivity index is 1.23. The van der Waals surface area contributed by atoms with Crippen molar-refractivity contribution in [3.05, 3.63) is 35.9 Å². The van der Waals surface area contributed by atoms with Crippen molar-refractivity contribution >= 4 is 6.03 Å². The molecule has 1 aromatic carbocycles. The van der Waals surface area contributed by atoms with Gasteiger partial charge in [-0.2, -0.15) is 0 Å². The summed E-state index contributed by atoms with van der Waals surface area (Å²) in [4.78, 5) is 17.3. The molecule has 2 heterocycles. The van der Waals surface area contributed by atoms with Crippen molar-refractivity contribution in [2.75, 3.05) is 33.3 Å². The molecule has 0 aromatic heterocycles. The van der Waals surface area contributed by atoms with Crippen molar-refractivity contribution in [1.29, 1.82) is 0 Å². The van der Waals surface area contributed by atoms with Crippen LogP contribution in [-0.2, 0) is 11.3 Å². The molecule has 1 N–H and O–H groups in total. The van der Waals surface area contributed by atoms with Gasteiger partial charge in [-0.05, 0) is 56.0 Å². The van der Waals surface area contributed by atoms with Crippen molar-refractivity contribution in [2.45, 2.75) is 50.8 Å². The maximum absolute atomic E-state index is 12.7. The Labute approximate surface area is 163 Å². The highest BCUT2D eigenvalue weighted by atomic mass is 16.5. The van der Waals surface area contributed by atoms with Gasteiger partial charge in [-0.25, -0.2) is 4.79 Å². The van der Waals surface area contributed by atoms with E-state index >= 15 is 0 Å². The molecule has 3 fully saturated rings. The number of ether oxygens (including phenoxy) is 1. The fraction of sp³-hybridized carbons (Fsp3) is 0.682. The van der Waals surface area contributed by atoms with Crippen LogP contribution in [0.5, 0.6) is 0 Å². The summed E-state index contributed by atoms with van der Waals surface area (Å²) in [5, 5.41) is 3.21. The minimum Gasteiger partial charge on any atom is -0.381 e. The summed E-state index contributed by atoms with van der Waals surface area (Å²) in [5.74, 6) is 1.24. The number of carbonyl (C=O) groups excluding carboxylic acids is 1. The summed E-state index contributed by atoms with van der Waals surface area (Å²) < 4.78 is 5.44. The lowest BCUT2D eigenvalue weighted by Crippen LogP contribution is -2.43. The minimum absolute atomic E-state index is 0.137. The zero-order chi connectivity index (χ0) is 18.6. The summed E-state index contributed by atoms with van der Waals surface area (Å²) in [5.41, 5.74) is 1.37. The second kappa shape index (κ2) is 8.61. The molecule has 5 heteroatoms. The van der Waals surface area contributed by atoms with E-state index < -0.39 is 0 Å². The van der Waals surface area contributed by atoms with Crippen LogP contribution in [0.1, 0.15) is 37.7 Å². The molecule has 2 atom stereocenters. The predicted molar refractivity (Wildman–Crippen MR) is 106 cm³/mol. The molecule has 1 aromatic rings. The SMILES string of the molecule is COC1CCC(CNC(=O)N2C[C@@H]3CCN(Cc4ccccc4)[C@@H]3C2)CC1. The highest BCUT2D eigenvalue weighted by Crippen LogP contribution is 2.32. The molecule has 148 valence electrons. The summed E-state index contributed by atoms with van der Waals surface area (Å²) in [6.45, 7) is 4.76. The van der Waals surface area contributed by atoms with E-state index in [0.717, 1.165) is 58.4 Å². The van der Waals surface area contributed by atoms with Gasteiger partial charge in [0.25, 0.3) is 0 Å². The van der Waals surface area contributed by atoms with Gasteiger partial charge in [0.15, 0.2) is 0 Å². The highest BCUT2D eigenvalue weighted by Gasteiger charge is 2.42. The Bertz CT molecular complexity index is 615. The molecule has 1 saturated carbocycles. The third-order valence-electron chi connectivity index (χ3n) is 6.85. The number of hydrogen-bond donors (Lipinski definition) is 1. The van der Waals surface area contributed by atoms with Gasteiger partial charge in [0.05, 0.1) is 6.10 Å². The Kier molecular flexibility index (Phi) is 5.98. The summed E-state index contributed by atoms with van der Waals surface area (Å²) in [6, 6.07) is 11.3. The number of fused-ring (bicyclic) bond motifs is 1. The van der Waals surface area contributed by atoms with Crippen LogP contribution >= 0.6 is 0 Å². The van der Waals surface area contributed by atoms with E-state index in [1.807, 2.05) is 4.90 Å². The molecule has 1 aliphatic carbocycles. The largest absolute Gasteiger partial charge is 0.381 e. The fourth-order valence-electron chi connectivity index (χ4n) is 5.14. The quantitative estimate of drug-likeness (QED) is 0.865. The number of amides is 2. The zero-order valence-corrected chi connectivity index (χ0v) is 16.5. The number of nitrogens with one attached hydrogen (secondary N) is 1. The van der Waals surface area contributed by atoms with Crippen molar-refractivity contribution in [2.24, 2.45) is 11.8 Å². The smallest absolute Gasteiger partial charge is 0.317 e. The van der Waals surface area contributed by atoms with Crippen LogP contribution in [0.3, 0.4) is 0 Å². The number of rotatable bonds is 5. The number of carbonyl (C=O) groups is 1. The molecule has 4 rings (SSSR count). The predicted octanol–water partition coefficient (Wildman–Crippen LogP) is 3.11. The fourth-order valence-corrected chi connectivity index (χ4v) is 5.14. The van der Waals surface area contributed by atoms with E-state index in [2.05, 4.69) is 40.5 Å². The van der Waals surface area contributed by atoms with Crippen LogP contribution in [0.15, 0.2) is 30.3 Å². The maximum atomic E-state index is 12.7. The topological polar surface area (TPSA) is 44.8 Å². The molecule has 0 spiro atoms. The lowest BCUT2D eigenvalue weighted by molar-refractivity contribution is 0.0569. The van der Waals surface area contributed by atoms with Gasteiger partial charge < -0.3 is 15.0 Å². The van der Waals surface area contributed by atoms with Crippen LogP contribution in [0.2, 0.25) is 0 Å². The van der Waals surface area contributed by atoms with E-state index in [0.29, 0.717) is 24.0 Å². The summed E-state index contributed by atoms with van der Waals surface area (Å²) in [7, 11) is 1.80. The molecule has 2 amide bonds. The van der Waals surface area contributed by atoms with Crippen LogP contribution in [-0.4, -0.2) is 61.3 Å². The van der Waals surface area contributed by atoms with Crippen LogP contribution in [0.4, 0.5) is 4.79 Å². The molecule has 0 unspecified atom stereocenters. The standard InChI is InChI=1S/C22H33N3O2/c1-27-20-9-7-17(8-10-20)13-23-22(26)25-15-19-11-12-24(21(19)16-25)14-18-5-3-2-4-6-18/h2-6,17,19-21H,7-16H2,1H3,(H,23,26)/t17?,19-,20?,21+/m0/s1. The summed E-state index contributed by atoms with van der Waals surface area (Å²) in [6.07, 6.45) is 6.20. The van der Waals surface area contributed by atoms with Gasteiger partial charge in [-0.3, -0.25) is 4.90 Å². The van der Waals surface area contributed by atoms with E-state index in [4.69, 9.17) is 4.74 Å². The average molecular weight is 372 g/mol. The zero-order valence-electron chi connectivity index (χ0n) is 16.5. The number of likely N-dealkylation sites (tertiary alicyclic amines) is 2. The van der Waals surface area contributed by atoms with Crippen LogP contribution in [0.25, 0.3) is 0 Å². The summed E-state index contributed by atoms with van der Waals surface area (Å²) >= 11 is 0. The lowest BCUT2D eigenvalue weighted by Gasteiger charge is -2.29. The van der Waals surface area contributed by atoms with Gasteiger partial charge >= 0.3 is 6.03 Å². The maximum Gasteiger partial charge on any atom is 0.317 e. The molecular weight excluding hydrogens is 338 g/mol. The molecule has 3 aliphatic rings. The van der Waals surface area contributed by atoms with E-state index in [-0.39, 0.29) is 6.03 Å². The number of benzene rings is 1. The number of nitrogens with zero attached hydrogens (tertiary/aromatic N) is 2. The first-order valence-corrected chi connectivity index (χ1v) is 10.6. The molecule has 27 heavy (non-hydrogen) atoms. The molecule has 0 bridgehead atoms. The van der Waals surface area contributed by atoms with Gasteiger partial charge in [0.2, 0.25) is 0 Å². The van der Waals surface area contributed by atoms with Crippen molar-refractivity contribution in [1.82, 2.24) is 15.1 Å². The molecular formula is C22H33N3O2. The second-order valence-electron chi connectivity index (χ2n) is 8.54. The highest BCUT2D eigenvalue weighted by molar-refractivity contribution is 5.74. The third kappa shape index (κ3) is 4.46. The van der Waals surface area contributed by atoms with Crippen molar-refractivity contribution in [3.63, 3.8) is 0 Å². The van der Waals surface area contributed by atoms with Crippen molar-refractivity contribution < 1.29 is 9.53 Å². The number of hydrogen-bond acceptors (Lipinski definition) is 3. The molecule has 5 nitrogen and oxygen atoms in total. The van der Waals surface area contributed by atoms with Gasteiger partial charge in [-0.1, -0.05) is 30.3 Å². The molecule has 2 aliphatic heterocycles. The Hall–Kier alpha value is -1.59. The van der Waals surface area contributed by atoms with E-state index in [9.17, 15) is 4.79 Å². The van der Waals surface area contributed by atoms with Crippen LogP contribution in [0, 0.1) is 11.8 Å². The Morgan fingerprint density at radius 3 is 2.63 bits per heavy atom. The van der Waals surface area contributed by atoms with Gasteiger partial charge in [0.1, 0.15) is 0 Å². The normalized spacial score (nSPS) is 31.1. The third-order valence-corrected chi connectivity index (χ3v) is 6.85. The van der Waals surface area contributed by atoms with Gasteiger partial charge in [0, 0.05) is 39.3 Å². The lowest BCUT2D eigenvalue weighted by atomic mass is 9.87. The van der Waals surface area contributed by atoms with Gasteiger partial charge in [-0.15, -0.1) is 0 Å². The first kappa shape index (κ1) is 18.8. The monoisotopic (exact) mass is 371 g/mol. The van der Waals surface area contributed by atoms with Crippen molar-refractivity contribution in [3.8, 4) is 0 Å². The Morgan fingerprint density at radius 1 is 1.11 bits per heavy atom. The second-order valence-corrected chi connectivity index (χ2v) is 8.54.